The lowest BCUT2D eigenvalue weighted by molar-refractivity contribution is 0.0209. The van der Waals surface area contributed by atoms with E-state index in [1.807, 2.05) is 12.1 Å². The van der Waals surface area contributed by atoms with E-state index in [4.69, 9.17) is 4.74 Å². The molecule has 4 nitrogen and oxygen atoms in total. The van der Waals surface area contributed by atoms with Crippen LogP contribution in [-0.4, -0.2) is 49.4 Å². The van der Waals surface area contributed by atoms with Gasteiger partial charge in [-0.2, -0.15) is 0 Å². The average molecular weight is 304 g/mol. The van der Waals surface area contributed by atoms with Crippen LogP contribution in [0, 0.1) is 19.8 Å². The third-order valence-electron chi connectivity index (χ3n) is 5.13. The van der Waals surface area contributed by atoms with Crippen LogP contribution in [0.15, 0.2) is 12.1 Å². The smallest absolute Gasteiger partial charge is 0.116 e. The normalized spacial score (nSPS) is 22.6. The van der Waals surface area contributed by atoms with Gasteiger partial charge in [-0.1, -0.05) is 0 Å². The first-order valence-corrected chi connectivity index (χ1v) is 8.49. The summed E-state index contributed by atoms with van der Waals surface area (Å²) in [6.45, 7) is 10.4. The van der Waals surface area contributed by atoms with Crippen molar-refractivity contribution >= 4 is 0 Å². The van der Waals surface area contributed by atoms with E-state index in [0.717, 1.165) is 52.2 Å². The Hall–Kier alpha value is -1.10. The Morgan fingerprint density at radius 1 is 1.14 bits per heavy atom. The van der Waals surface area contributed by atoms with Gasteiger partial charge in [0.25, 0.3) is 0 Å². The number of phenols is 1. The molecule has 0 bridgehead atoms. The molecule has 22 heavy (non-hydrogen) atoms. The number of hydrogen-bond donors (Lipinski definition) is 2. The Labute approximate surface area is 133 Å². The van der Waals surface area contributed by atoms with Gasteiger partial charge in [0.1, 0.15) is 5.75 Å². The quantitative estimate of drug-likeness (QED) is 0.900. The molecule has 0 unspecified atom stereocenters. The summed E-state index contributed by atoms with van der Waals surface area (Å²) in [5.41, 5.74) is 3.85. The number of rotatable bonds is 3. The number of ether oxygens (including phenoxy) is 1. The highest BCUT2D eigenvalue weighted by Crippen LogP contribution is 2.39. The standard InChI is InChI=1S/C18H28N2O2/c1-13-11-16(21)12-14(2)17(13)18(15-3-9-22-10-4-15)20-7-5-19-6-8-20/h11-12,15,18-19,21H,3-10H2,1-2H3/t18-/m1/s1. The Morgan fingerprint density at radius 3 is 2.32 bits per heavy atom. The van der Waals surface area contributed by atoms with Crippen molar-refractivity contribution in [2.45, 2.75) is 32.7 Å². The molecule has 2 aliphatic heterocycles. The van der Waals surface area contributed by atoms with Gasteiger partial charge >= 0.3 is 0 Å². The number of hydrogen-bond acceptors (Lipinski definition) is 4. The van der Waals surface area contributed by atoms with Crippen LogP contribution in [0.4, 0.5) is 0 Å². The fourth-order valence-corrected chi connectivity index (χ4v) is 4.13. The van der Waals surface area contributed by atoms with Gasteiger partial charge in [0.15, 0.2) is 0 Å². The number of aromatic hydroxyl groups is 1. The molecule has 2 saturated heterocycles. The SMILES string of the molecule is Cc1cc(O)cc(C)c1[C@@H](C1CCOCC1)N1CCNCC1. The summed E-state index contributed by atoms with van der Waals surface area (Å²) in [6, 6.07) is 4.28. The number of nitrogens with one attached hydrogen (secondary N) is 1. The molecule has 2 fully saturated rings. The highest BCUT2D eigenvalue weighted by molar-refractivity contribution is 5.42. The number of aryl methyl sites for hydroxylation is 2. The van der Waals surface area contributed by atoms with Crippen molar-refractivity contribution in [2.24, 2.45) is 5.92 Å². The van der Waals surface area contributed by atoms with Crippen molar-refractivity contribution < 1.29 is 9.84 Å². The summed E-state index contributed by atoms with van der Waals surface area (Å²) < 4.78 is 5.58. The average Bonchev–Trinajstić information content (AvgIpc) is 2.52. The zero-order chi connectivity index (χ0) is 15.5. The maximum Gasteiger partial charge on any atom is 0.116 e. The summed E-state index contributed by atoms with van der Waals surface area (Å²) in [4.78, 5) is 2.64. The fraction of sp³-hybridized carbons (Fsp3) is 0.667. The molecule has 0 aliphatic carbocycles. The predicted octanol–water partition coefficient (Wildman–Crippen LogP) is 2.38. The molecule has 1 aromatic carbocycles. The number of phenolic OH excluding ortho intramolecular Hbond substituents is 1. The van der Waals surface area contributed by atoms with Gasteiger partial charge in [-0.15, -0.1) is 0 Å². The van der Waals surface area contributed by atoms with Gasteiger partial charge in [0.2, 0.25) is 0 Å². The van der Waals surface area contributed by atoms with Crippen LogP contribution in [0.2, 0.25) is 0 Å². The van der Waals surface area contributed by atoms with Crippen molar-refractivity contribution in [3.8, 4) is 5.75 Å². The Balaban J connectivity index is 1.96. The minimum absolute atomic E-state index is 0.379. The first-order valence-electron chi connectivity index (χ1n) is 8.49. The molecule has 122 valence electrons. The Kier molecular flexibility index (Phi) is 5.01. The summed E-state index contributed by atoms with van der Waals surface area (Å²) in [6.07, 6.45) is 2.27. The summed E-state index contributed by atoms with van der Waals surface area (Å²) in [5.74, 6) is 1.03. The van der Waals surface area contributed by atoms with Crippen molar-refractivity contribution in [3.05, 3.63) is 28.8 Å². The van der Waals surface area contributed by atoms with Crippen LogP contribution >= 0.6 is 0 Å². The third-order valence-corrected chi connectivity index (χ3v) is 5.13. The van der Waals surface area contributed by atoms with Crippen molar-refractivity contribution in [1.29, 1.82) is 0 Å². The molecule has 2 heterocycles. The predicted molar refractivity (Wildman–Crippen MR) is 88.3 cm³/mol. The molecule has 0 saturated carbocycles. The van der Waals surface area contributed by atoms with Crippen LogP contribution < -0.4 is 5.32 Å². The summed E-state index contributed by atoms with van der Waals surface area (Å²) >= 11 is 0. The largest absolute Gasteiger partial charge is 0.508 e. The summed E-state index contributed by atoms with van der Waals surface area (Å²) in [5, 5.41) is 13.3. The monoisotopic (exact) mass is 304 g/mol. The molecule has 0 spiro atoms. The second-order valence-electron chi connectivity index (χ2n) is 6.67. The molecule has 0 radical (unpaired) electrons. The molecule has 2 N–H and O–H groups in total. The van der Waals surface area contributed by atoms with Crippen molar-refractivity contribution in [2.75, 3.05) is 39.4 Å². The van der Waals surface area contributed by atoms with E-state index in [9.17, 15) is 5.11 Å². The van der Waals surface area contributed by atoms with Gasteiger partial charge in [0.05, 0.1) is 0 Å². The molecule has 0 aromatic heterocycles. The Bertz CT molecular complexity index is 465. The van der Waals surface area contributed by atoms with E-state index in [0.29, 0.717) is 17.7 Å². The molecule has 4 heteroatoms. The molecule has 2 aliphatic rings. The Morgan fingerprint density at radius 2 is 1.73 bits per heavy atom. The molecule has 3 rings (SSSR count). The van der Waals surface area contributed by atoms with E-state index in [1.54, 1.807) is 0 Å². The zero-order valence-corrected chi connectivity index (χ0v) is 13.8. The van der Waals surface area contributed by atoms with Crippen LogP contribution in [-0.2, 0) is 4.74 Å². The van der Waals surface area contributed by atoms with Gasteiger partial charge in [0, 0.05) is 45.4 Å². The van der Waals surface area contributed by atoms with Crippen LogP contribution in [0.3, 0.4) is 0 Å². The first kappa shape index (κ1) is 15.8. The second kappa shape index (κ2) is 6.99. The zero-order valence-electron chi connectivity index (χ0n) is 13.8. The molecular formula is C18H28N2O2. The number of benzene rings is 1. The van der Waals surface area contributed by atoms with E-state index < -0.39 is 0 Å². The first-order chi connectivity index (χ1) is 10.7. The highest BCUT2D eigenvalue weighted by atomic mass is 16.5. The van der Waals surface area contributed by atoms with Gasteiger partial charge in [-0.05, 0) is 61.4 Å². The van der Waals surface area contributed by atoms with Gasteiger partial charge in [-0.3, -0.25) is 4.90 Å². The minimum Gasteiger partial charge on any atom is -0.508 e. The van der Waals surface area contributed by atoms with E-state index in [-0.39, 0.29) is 0 Å². The van der Waals surface area contributed by atoms with Crippen LogP contribution in [0.1, 0.15) is 35.6 Å². The second-order valence-corrected chi connectivity index (χ2v) is 6.67. The highest BCUT2D eigenvalue weighted by Gasteiger charge is 2.33. The lowest BCUT2D eigenvalue weighted by Gasteiger charge is -2.42. The van der Waals surface area contributed by atoms with Crippen LogP contribution in [0.25, 0.3) is 0 Å². The maximum absolute atomic E-state index is 9.88. The maximum atomic E-state index is 9.88. The van der Waals surface area contributed by atoms with Crippen LogP contribution in [0.5, 0.6) is 5.75 Å². The van der Waals surface area contributed by atoms with Crippen molar-refractivity contribution in [1.82, 2.24) is 10.2 Å². The lowest BCUT2D eigenvalue weighted by Crippen LogP contribution is -2.48. The number of nitrogens with zero attached hydrogens (tertiary/aromatic N) is 1. The minimum atomic E-state index is 0.379. The topological polar surface area (TPSA) is 44.7 Å². The molecule has 1 aromatic rings. The third kappa shape index (κ3) is 3.29. The fourth-order valence-electron chi connectivity index (χ4n) is 4.13. The van der Waals surface area contributed by atoms with E-state index in [2.05, 4.69) is 24.1 Å². The van der Waals surface area contributed by atoms with E-state index in [1.165, 1.54) is 16.7 Å². The van der Waals surface area contributed by atoms with Gasteiger partial charge in [-0.25, -0.2) is 0 Å². The van der Waals surface area contributed by atoms with E-state index >= 15 is 0 Å². The van der Waals surface area contributed by atoms with Gasteiger partial charge < -0.3 is 15.2 Å². The summed E-state index contributed by atoms with van der Waals surface area (Å²) in [7, 11) is 0. The molecule has 1 atom stereocenters. The van der Waals surface area contributed by atoms with Crippen molar-refractivity contribution in [3.63, 3.8) is 0 Å². The molecular weight excluding hydrogens is 276 g/mol. The molecule has 0 amide bonds. The lowest BCUT2D eigenvalue weighted by atomic mass is 9.82. The number of piperazine rings is 1.